The molecule has 0 spiro atoms. The van der Waals surface area contributed by atoms with Gasteiger partial charge in [0.15, 0.2) is 5.82 Å². The number of carbonyl (C=O) groups is 1. The number of carbonyl (C=O) groups excluding carboxylic acids is 1. The van der Waals surface area contributed by atoms with Crippen LogP contribution in [0, 0.1) is 6.92 Å². The minimum Gasteiger partial charge on any atom is -0.307 e. The molecule has 3 rings (SSSR count). The van der Waals surface area contributed by atoms with Crippen molar-refractivity contribution in [2.24, 2.45) is 0 Å². The fourth-order valence-electron chi connectivity index (χ4n) is 2.68. The summed E-state index contributed by atoms with van der Waals surface area (Å²) in [6.07, 6.45) is 3.75. The van der Waals surface area contributed by atoms with Crippen LogP contribution in [0.1, 0.15) is 30.6 Å². The lowest BCUT2D eigenvalue weighted by Crippen LogP contribution is -2.26. The molecule has 136 valence electrons. The average molecular weight is 392 g/mol. The quantitative estimate of drug-likeness (QED) is 0.679. The molecule has 0 saturated heterocycles. The van der Waals surface area contributed by atoms with Gasteiger partial charge < -0.3 is 5.32 Å². The van der Waals surface area contributed by atoms with Gasteiger partial charge in [-0.1, -0.05) is 42.3 Å². The monoisotopic (exact) mass is 391 g/mol. The molecule has 1 unspecified atom stereocenters. The van der Waals surface area contributed by atoms with E-state index in [1.165, 1.54) is 6.20 Å². The van der Waals surface area contributed by atoms with Crippen LogP contribution in [-0.2, 0) is 11.3 Å². The number of aryl methyl sites for hydroxylation is 1. The van der Waals surface area contributed by atoms with Crippen LogP contribution in [-0.4, -0.2) is 25.5 Å². The maximum atomic E-state index is 12.6. The number of halogens is 2. The Hall–Kier alpha value is -2.31. The highest BCUT2D eigenvalue weighted by Gasteiger charge is 2.20. The van der Waals surface area contributed by atoms with E-state index in [9.17, 15) is 4.79 Å². The molecule has 1 aromatic carbocycles. The lowest BCUT2D eigenvalue weighted by atomic mass is 10.2. The number of hydrogen-bond donors (Lipinski definition) is 1. The molecule has 0 aliphatic carbocycles. The third-order valence-electron chi connectivity index (χ3n) is 4.06. The Morgan fingerprint density at radius 2 is 1.96 bits per heavy atom. The van der Waals surface area contributed by atoms with Crippen molar-refractivity contribution in [3.63, 3.8) is 0 Å². The SMILES string of the molecule is CCC(C(=O)Nc1cc(C)n(Cc2ccc(Cl)cc2)n1)n1cc(Cl)cn1. The number of benzene rings is 1. The number of hydrogen-bond acceptors (Lipinski definition) is 3. The summed E-state index contributed by atoms with van der Waals surface area (Å²) in [4.78, 5) is 12.6. The van der Waals surface area contributed by atoms with Crippen LogP contribution in [0.4, 0.5) is 5.82 Å². The normalized spacial score (nSPS) is 12.2. The minimum atomic E-state index is -0.441. The Morgan fingerprint density at radius 3 is 2.58 bits per heavy atom. The van der Waals surface area contributed by atoms with Crippen molar-refractivity contribution in [3.8, 4) is 0 Å². The lowest BCUT2D eigenvalue weighted by Gasteiger charge is -2.14. The topological polar surface area (TPSA) is 64.7 Å². The summed E-state index contributed by atoms with van der Waals surface area (Å²) in [6, 6.07) is 9.01. The fourth-order valence-corrected chi connectivity index (χ4v) is 2.95. The van der Waals surface area contributed by atoms with Gasteiger partial charge in [-0.2, -0.15) is 10.2 Å². The van der Waals surface area contributed by atoms with Gasteiger partial charge in [0, 0.05) is 23.0 Å². The molecule has 2 aromatic heterocycles. The molecule has 3 aromatic rings. The van der Waals surface area contributed by atoms with E-state index in [1.807, 2.05) is 48.9 Å². The minimum absolute atomic E-state index is 0.177. The maximum absolute atomic E-state index is 12.6. The molecular formula is C18H19Cl2N5O. The molecule has 1 amide bonds. The average Bonchev–Trinajstić information content (AvgIpc) is 3.16. The first-order chi connectivity index (χ1) is 12.5. The number of anilines is 1. The molecule has 1 N–H and O–H groups in total. The number of amides is 1. The van der Waals surface area contributed by atoms with Gasteiger partial charge in [0.1, 0.15) is 6.04 Å². The predicted molar refractivity (Wildman–Crippen MR) is 103 cm³/mol. The van der Waals surface area contributed by atoms with Gasteiger partial charge >= 0.3 is 0 Å². The van der Waals surface area contributed by atoms with Crippen LogP contribution in [0.2, 0.25) is 10.0 Å². The highest BCUT2D eigenvalue weighted by Crippen LogP contribution is 2.18. The number of nitrogens with zero attached hydrogens (tertiary/aromatic N) is 4. The van der Waals surface area contributed by atoms with Gasteiger partial charge in [0.2, 0.25) is 5.91 Å². The van der Waals surface area contributed by atoms with E-state index < -0.39 is 6.04 Å². The molecule has 0 saturated carbocycles. The molecule has 0 aliphatic rings. The van der Waals surface area contributed by atoms with Crippen molar-refractivity contribution in [1.82, 2.24) is 19.6 Å². The van der Waals surface area contributed by atoms with Crippen molar-refractivity contribution in [2.45, 2.75) is 32.9 Å². The lowest BCUT2D eigenvalue weighted by molar-refractivity contribution is -0.119. The summed E-state index contributed by atoms with van der Waals surface area (Å²) < 4.78 is 3.40. The second kappa shape index (κ2) is 7.93. The molecule has 1 atom stereocenters. The Labute approximate surface area is 161 Å². The Balaban J connectivity index is 1.71. The van der Waals surface area contributed by atoms with E-state index in [0.717, 1.165) is 11.3 Å². The summed E-state index contributed by atoms with van der Waals surface area (Å²) >= 11 is 11.8. The molecule has 26 heavy (non-hydrogen) atoms. The van der Waals surface area contributed by atoms with Crippen molar-refractivity contribution < 1.29 is 4.79 Å². The van der Waals surface area contributed by atoms with Gasteiger partial charge in [-0.05, 0) is 31.0 Å². The van der Waals surface area contributed by atoms with Crippen molar-refractivity contribution in [2.75, 3.05) is 5.32 Å². The van der Waals surface area contributed by atoms with Crippen molar-refractivity contribution in [3.05, 3.63) is 64.0 Å². The Bertz CT molecular complexity index is 901. The molecule has 0 aliphatic heterocycles. The van der Waals surface area contributed by atoms with Gasteiger partial charge in [-0.15, -0.1) is 0 Å². The maximum Gasteiger partial charge on any atom is 0.250 e. The summed E-state index contributed by atoms with van der Waals surface area (Å²) in [7, 11) is 0. The van der Waals surface area contributed by atoms with E-state index >= 15 is 0 Å². The van der Waals surface area contributed by atoms with Gasteiger partial charge in [-0.3, -0.25) is 14.2 Å². The van der Waals surface area contributed by atoms with Crippen LogP contribution < -0.4 is 5.32 Å². The van der Waals surface area contributed by atoms with Crippen LogP contribution in [0.3, 0.4) is 0 Å². The number of nitrogens with one attached hydrogen (secondary N) is 1. The van der Waals surface area contributed by atoms with Crippen LogP contribution in [0.15, 0.2) is 42.7 Å². The Morgan fingerprint density at radius 1 is 1.23 bits per heavy atom. The molecule has 8 heteroatoms. The first kappa shape index (κ1) is 18.5. The molecule has 0 radical (unpaired) electrons. The summed E-state index contributed by atoms with van der Waals surface area (Å²) in [6.45, 7) is 4.47. The van der Waals surface area contributed by atoms with Crippen molar-refractivity contribution in [1.29, 1.82) is 0 Å². The zero-order chi connectivity index (χ0) is 18.7. The first-order valence-corrected chi connectivity index (χ1v) is 9.01. The van der Waals surface area contributed by atoms with Crippen LogP contribution in [0.5, 0.6) is 0 Å². The molecule has 0 fully saturated rings. The highest BCUT2D eigenvalue weighted by atomic mass is 35.5. The predicted octanol–water partition coefficient (Wildman–Crippen LogP) is 4.33. The smallest absolute Gasteiger partial charge is 0.250 e. The zero-order valence-corrected chi connectivity index (χ0v) is 16.0. The van der Waals surface area contributed by atoms with E-state index in [-0.39, 0.29) is 5.91 Å². The fraction of sp³-hybridized carbons (Fsp3) is 0.278. The summed E-state index contributed by atoms with van der Waals surface area (Å²) in [5.41, 5.74) is 2.03. The zero-order valence-electron chi connectivity index (χ0n) is 14.5. The molecular weight excluding hydrogens is 373 g/mol. The molecule has 0 bridgehead atoms. The van der Waals surface area contributed by atoms with E-state index in [2.05, 4.69) is 15.5 Å². The van der Waals surface area contributed by atoms with Gasteiger partial charge in [-0.25, -0.2) is 0 Å². The van der Waals surface area contributed by atoms with Gasteiger partial charge in [0.05, 0.1) is 17.8 Å². The Kier molecular flexibility index (Phi) is 5.64. The van der Waals surface area contributed by atoms with E-state index in [4.69, 9.17) is 23.2 Å². The van der Waals surface area contributed by atoms with Crippen molar-refractivity contribution >= 4 is 34.9 Å². The van der Waals surface area contributed by atoms with Crippen LogP contribution in [0.25, 0.3) is 0 Å². The van der Waals surface area contributed by atoms with Crippen LogP contribution >= 0.6 is 23.2 Å². The van der Waals surface area contributed by atoms with Gasteiger partial charge in [0.25, 0.3) is 0 Å². The highest BCUT2D eigenvalue weighted by molar-refractivity contribution is 6.30. The largest absolute Gasteiger partial charge is 0.307 e. The number of rotatable bonds is 6. The van der Waals surface area contributed by atoms with E-state index in [0.29, 0.717) is 28.8 Å². The second-order valence-corrected chi connectivity index (χ2v) is 6.88. The molecule has 2 heterocycles. The molecule has 6 nitrogen and oxygen atoms in total. The first-order valence-electron chi connectivity index (χ1n) is 8.25. The third kappa shape index (κ3) is 4.26. The second-order valence-electron chi connectivity index (χ2n) is 6.01. The number of aromatic nitrogens is 4. The summed E-state index contributed by atoms with van der Waals surface area (Å²) in [5, 5.41) is 12.7. The third-order valence-corrected chi connectivity index (χ3v) is 4.50. The standard InChI is InChI=1S/C18H19Cl2N5O/c1-3-16(25-11-15(20)9-21-25)18(26)22-17-8-12(2)24(23-17)10-13-4-6-14(19)7-5-13/h4-9,11,16H,3,10H2,1-2H3,(H,22,23,26). The van der Waals surface area contributed by atoms with E-state index in [1.54, 1.807) is 10.9 Å². The summed E-state index contributed by atoms with van der Waals surface area (Å²) in [5.74, 6) is 0.335.